The number of halogens is 9. The lowest BCUT2D eigenvalue weighted by Gasteiger charge is -2.38. The van der Waals surface area contributed by atoms with E-state index >= 15 is 4.39 Å². The van der Waals surface area contributed by atoms with Gasteiger partial charge < -0.3 is 4.74 Å². The molecule has 2 unspecified atom stereocenters. The smallest absolute Gasteiger partial charge is 0.310 e. The average molecular weight is 443 g/mol. The van der Waals surface area contributed by atoms with Gasteiger partial charge in [-0.3, -0.25) is 4.57 Å². The molecule has 0 aliphatic carbocycles. The Bertz CT molecular complexity index is 1000. The van der Waals surface area contributed by atoms with E-state index in [4.69, 9.17) is 0 Å². The van der Waals surface area contributed by atoms with E-state index < -0.39 is 47.8 Å². The van der Waals surface area contributed by atoms with Gasteiger partial charge in [-0.25, -0.2) is 17.6 Å². The van der Waals surface area contributed by atoms with Crippen LogP contribution in [0.2, 0.25) is 0 Å². The highest BCUT2D eigenvalue weighted by molar-refractivity contribution is 6.08. The largest absolute Gasteiger partial charge is 0.425 e. The first kappa shape index (κ1) is 22.3. The van der Waals surface area contributed by atoms with Crippen molar-refractivity contribution in [1.29, 1.82) is 0 Å². The molecule has 0 spiro atoms. The maximum absolute atomic E-state index is 15.8. The van der Waals surface area contributed by atoms with E-state index in [1.54, 1.807) is 0 Å². The highest BCUT2D eigenvalue weighted by Crippen LogP contribution is 2.51. The fourth-order valence-electron chi connectivity index (χ4n) is 3.20. The Balaban J connectivity index is 2.36. The van der Waals surface area contributed by atoms with E-state index in [0.717, 1.165) is 12.1 Å². The Morgan fingerprint density at radius 3 is 1.63 bits per heavy atom. The second kappa shape index (κ2) is 7.07. The molecule has 164 valence electrons. The maximum atomic E-state index is 15.8. The quantitative estimate of drug-likeness (QED) is 0.393. The number of benzene rings is 2. The van der Waals surface area contributed by atoms with Crippen LogP contribution in [0.5, 0.6) is 0 Å². The van der Waals surface area contributed by atoms with E-state index in [2.05, 4.69) is 4.74 Å². The van der Waals surface area contributed by atoms with Crippen molar-refractivity contribution in [3.05, 3.63) is 48.5 Å². The fourth-order valence-corrected chi connectivity index (χ4v) is 3.20. The van der Waals surface area contributed by atoms with Crippen molar-refractivity contribution < 1.29 is 44.3 Å². The Kier molecular flexibility index (Phi) is 5.25. The third-order valence-electron chi connectivity index (χ3n) is 4.44. The fraction of sp³-hybridized carbons (Fsp3) is 0.368. The maximum Gasteiger partial charge on any atom is 0.425 e. The molecule has 0 radical (unpaired) electrons. The lowest BCUT2D eigenvalue weighted by Crippen LogP contribution is -2.59. The van der Waals surface area contributed by atoms with E-state index in [0.29, 0.717) is 0 Å². The predicted molar refractivity (Wildman–Crippen MR) is 91.0 cm³/mol. The number of hydrogen-bond donors (Lipinski definition) is 0. The van der Waals surface area contributed by atoms with Crippen LogP contribution in [0, 0.1) is 0 Å². The summed E-state index contributed by atoms with van der Waals surface area (Å²) in [6.45, 7) is -1.99. The molecule has 30 heavy (non-hydrogen) atoms. The molecule has 0 saturated heterocycles. The van der Waals surface area contributed by atoms with E-state index in [9.17, 15) is 35.1 Å². The molecule has 11 heteroatoms. The summed E-state index contributed by atoms with van der Waals surface area (Å²) in [6.07, 6.45) is -16.5. The number of nitrogens with zero attached hydrogens (tertiary/aromatic N) is 1. The van der Waals surface area contributed by atoms with Gasteiger partial charge in [0.1, 0.15) is 6.61 Å². The molecule has 0 aliphatic rings. The molecule has 2 aromatic carbocycles. The van der Waals surface area contributed by atoms with Gasteiger partial charge in [-0.2, -0.15) is 22.0 Å². The second-order valence-corrected chi connectivity index (χ2v) is 6.82. The number of hydrogen-bond acceptors (Lipinski definition) is 1. The molecule has 0 bridgehead atoms. The van der Waals surface area contributed by atoms with Gasteiger partial charge >= 0.3 is 18.1 Å². The molecule has 0 aliphatic heterocycles. The topological polar surface area (TPSA) is 14.2 Å². The first-order valence-electron chi connectivity index (χ1n) is 8.48. The van der Waals surface area contributed by atoms with Crippen molar-refractivity contribution in [2.75, 3.05) is 6.61 Å². The summed E-state index contributed by atoms with van der Waals surface area (Å²) in [5, 5.41) is 0.113. The number of ether oxygens (including phenoxy) is 1. The normalized spacial score (nSPS) is 16.7. The zero-order valence-corrected chi connectivity index (χ0v) is 15.2. The minimum atomic E-state index is -6.09. The lowest BCUT2D eigenvalue weighted by atomic mass is 10.1. The number of rotatable bonds is 6. The zero-order valence-electron chi connectivity index (χ0n) is 15.2. The van der Waals surface area contributed by atoms with E-state index in [1.165, 1.54) is 36.4 Å². The molecule has 3 aromatic rings. The van der Waals surface area contributed by atoms with Gasteiger partial charge in [-0.15, -0.1) is 0 Å². The molecule has 0 saturated carbocycles. The van der Waals surface area contributed by atoms with Crippen LogP contribution in [0.25, 0.3) is 21.8 Å². The Hall–Kier alpha value is -2.43. The van der Waals surface area contributed by atoms with Gasteiger partial charge in [0.25, 0.3) is 12.1 Å². The second-order valence-electron chi connectivity index (χ2n) is 6.82. The molecule has 1 heterocycles. The number of aromatic nitrogens is 1. The summed E-state index contributed by atoms with van der Waals surface area (Å²) in [6, 6.07) is 9.93. The molecule has 2 atom stereocenters. The first-order valence-corrected chi connectivity index (χ1v) is 8.48. The summed E-state index contributed by atoms with van der Waals surface area (Å²) in [4.78, 5) is 0. The van der Waals surface area contributed by atoms with Crippen molar-refractivity contribution in [3.63, 3.8) is 0 Å². The molecular weight excluding hydrogens is 429 g/mol. The minimum Gasteiger partial charge on any atom is -0.310 e. The van der Waals surface area contributed by atoms with Crippen LogP contribution in [0.4, 0.5) is 39.5 Å². The van der Waals surface area contributed by atoms with Crippen LogP contribution in [0.3, 0.4) is 0 Å². The van der Waals surface area contributed by atoms with Gasteiger partial charge in [0, 0.05) is 17.7 Å². The van der Waals surface area contributed by atoms with Crippen LogP contribution in [-0.4, -0.2) is 35.6 Å². The highest BCUT2D eigenvalue weighted by Gasteiger charge is 2.71. The van der Waals surface area contributed by atoms with Crippen LogP contribution in [-0.2, 0) is 10.5 Å². The van der Waals surface area contributed by atoms with Crippen molar-refractivity contribution in [3.8, 4) is 0 Å². The van der Waals surface area contributed by atoms with Crippen LogP contribution >= 0.6 is 0 Å². The first-order chi connectivity index (χ1) is 13.7. The van der Waals surface area contributed by atoms with E-state index in [1.807, 2.05) is 0 Å². The third-order valence-corrected chi connectivity index (χ3v) is 4.44. The molecule has 0 fully saturated rings. The summed E-state index contributed by atoms with van der Waals surface area (Å²) < 4.78 is 129. The molecule has 1 aromatic heterocycles. The Morgan fingerprint density at radius 1 is 0.800 bits per heavy atom. The van der Waals surface area contributed by atoms with Gasteiger partial charge in [-0.05, 0) is 12.1 Å². The SMILES string of the molecule is CC(F)(F)COC(F)(F)C(F)(C(F)C(F)(F)F)n1c2ccccc2c2ccccc21. The molecular formula is C19H14F9NO. The molecule has 0 amide bonds. The lowest BCUT2D eigenvalue weighted by molar-refractivity contribution is -0.383. The van der Waals surface area contributed by atoms with Gasteiger partial charge in [0.05, 0.1) is 11.0 Å². The molecule has 3 rings (SSSR count). The number of alkyl halides is 9. The van der Waals surface area contributed by atoms with Crippen molar-refractivity contribution in [2.45, 2.75) is 37.1 Å². The highest BCUT2D eigenvalue weighted by atomic mass is 19.4. The number of para-hydroxylation sites is 2. The predicted octanol–water partition coefficient (Wildman–Crippen LogP) is 6.58. The minimum absolute atomic E-state index is 0.0566. The van der Waals surface area contributed by atoms with Gasteiger partial charge in [-0.1, -0.05) is 36.4 Å². The Labute approximate surface area is 163 Å². The molecule has 2 nitrogen and oxygen atoms in total. The van der Waals surface area contributed by atoms with Crippen molar-refractivity contribution in [2.24, 2.45) is 0 Å². The van der Waals surface area contributed by atoms with Crippen LogP contribution < -0.4 is 0 Å². The molecule has 0 N–H and O–H groups in total. The van der Waals surface area contributed by atoms with E-state index in [-0.39, 0.29) is 22.3 Å². The summed E-state index contributed by atoms with van der Waals surface area (Å²) in [7, 11) is 0. The van der Waals surface area contributed by atoms with Gasteiger partial charge in [0.15, 0.2) is 0 Å². The summed E-state index contributed by atoms with van der Waals surface area (Å²) in [5.41, 5.74) is -1.00. The summed E-state index contributed by atoms with van der Waals surface area (Å²) >= 11 is 0. The van der Waals surface area contributed by atoms with Gasteiger partial charge in [0.2, 0.25) is 0 Å². The average Bonchev–Trinajstić information content (AvgIpc) is 2.99. The van der Waals surface area contributed by atoms with Crippen molar-refractivity contribution >= 4 is 21.8 Å². The third kappa shape index (κ3) is 3.59. The summed E-state index contributed by atoms with van der Waals surface area (Å²) in [5.74, 6) is -9.16. The standard InChI is InChI=1S/C19H14F9NO/c1-16(21,22)10-30-19(27,28)17(23,15(20)18(24,25)26)29-13-8-4-2-6-11(13)12-7-3-5-9-14(12)29/h2-9,15H,10H2,1H3. The Morgan fingerprint density at radius 2 is 1.23 bits per heavy atom. The zero-order chi connectivity index (χ0) is 22.5. The monoisotopic (exact) mass is 443 g/mol. The van der Waals surface area contributed by atoms with Crippen molar-refractivity contribution in [1.82, 2.24) is 4.57 Å². The van der Waals surface area contributed by atoms with Crippen LogP contribution in [0.15, 0.2) is 48.5 Å². The number of fused-ring (bicyclic) bond motifs is 3. The van der Waals surface area contributed by atoms with Crippen LogP contribution in [0.1, 0.15) is 6.92 Å².